The van der Waals surface area contributed by atoms with E-state index < -0.39 is 11.6 Å². The third-order valence-electron chi connectivity index (χ3n) is 4.22. The van der Waals surface area contributed by atoms with E-state index in [2.05, 4.69) is 5.32 Å². The van der Waals surface area contributed by atoms with Crippen LogP contribution in [0.25, 0.3) is 0 Å². The third kappa shape index (κ3) is 3.55. The Kier molecular flexibility index (Phi) is 4.66. The van der Waals surface area contributed by atoms with Crippen LogP contribution in [0.3, 0.4) is 0 Å². The maximum atomic E-state index is 14.3. The molecular weight excluding hydrogens is 304 g/mol. The largest absolute Gasteiger partial charge is 0.375 e. The number of rotatable bonds is 2. The quantitative estimate of drug-likeness (QED) is 0.909. The van der Waals surface area contributed by atoms with Crippen LogP contribution in [0.5, 0.6) is 0 Å². The molecule has 2 aliphatic heterocycles. The summed E-state index contributed by atoms with van der Waals surface area (Å²) in [7, 11) is 0. The lowest BCUT2D eigenvalue weighted by atomic mass is 10.2. The first-order valence-corrected chi connectivity index (χ1v) is 7.96. The van der Waals surface area contributed by atoms with Crippen LogP contribution >= 0.6 is 0 Å². The standard InChI is InChI=1S/C16H21F2N3O2/c1-11-10-21(6-7-23-11)16(22)19-12-8-13(17)15(14(18)9-12)20-4-2-3-5-20/h8-9,11H,2-7,10H2,1H3,(H,19,22). The Morgan fingerprint density at radius 2 is 1.87 bits per heavy atom. The van der Waals surface area contributed by atoms with Crippen molar-refractivity contribution < 1.29 is 18.3 Å². The average molecular weight is 325 g/mol. The van der Waals surface area contributed by atoms with E-state index in [1.165, 1.54) is 12.1 Å². The molecule has 1 atom stereocenters. The molecule has 1 unspecified atom stereocenters. The fraction of sp³-hybridized carbons (Fsp3) is 0.562. The number of hydrogen-bond acceptors (Lipinski definition) is 3. The second-order valence-electron chi connectivity index (χ2n) is 6.04. The van der Waals surface area contributed by atoms with Crippen LogP contribution in [0.4, 0.5) is 25.0 Å². The molecule has 0 aliphatic carbocycles. The highest BCUT2D eigenvalue weighted by Gasteiger charge is 2.24. The minimum atomic E-state index is -0.641. The van der Waals surface area contributed by atoms with Gasteiger partial charge in [-0.25, -0.2) is 13.6 Å². The fourth-order valence-corrected chi connectivity index (χ4v) is 3.09. The van der Waals surface area contributed by atoms with E-state index in [4.69, 9.17) is 4.74 Å². The van der Waals surface area contributed by atoms with Gasteiger partial charge in [-0.2, -0.15) is 0 Å². The molecule has 1 aromatic rings. The minimum Gasteiger partial charge on any atom is -0.375 e. The summed E-state index contributed by atoms with van der Waals surface area (Å²) in [5, 5.41) is 2.56. The van der Waals surface area contributed by atoms with Crippen molar-refractivity contribution in [1.82, 2.24) is 4.90 Å². The summed E-state index contributed by atoms with van der Waals surface area (Å²) in [6.07, 6.45) is 1.83. The number of nitrogens with one attached hydrogen (secondary N) is 1. The molecule has 5 nitrogen and oxygen atoms in total. The molecule has 0 aromatic heterocycles. The number of anilines is 2. The third-order valence-corrected chi connectivity index (χ3v) is 4.22. The minimum absolute atomic E-state index is 0.000457. The number of benzene rings is 1. The van der Waals surface area contributed by atoms with Gasteiger partial charge in [-0.05, 0) is 31.9 Å². The Labute approximate surface area is 134 Å². The molecule has 2 aliphatic rings. The van der Waals surface area contributed by atoms with E-state index >= 15 is 0 Å². The Morgan fingerprint density at radius 1 is 1.22 bits per heavy atom. The summed E-state index contributed by atoms with van der Waals surface area (Å²) in [4.78, 5) is 15.5. The molecule has 23 heavy (non-hydrogen) atoms. The number of carbonyl (C=O) groups excluding carboxylic acids is 1. The van der Waals surface area contributed by atoms with Gasteiger partial charge in [-0.15, -0.1) is 0 Å². The van der Waals surface area contributed by atoms with Crippen molar-refractivity contribution in [2.24, 2.45) is 0 Å². The van der Waals surface area contributed by atoms with Crippen LogP contribution in [0, 0.1) is 11.6 Å². The van der Waals surface area contributed by atoms with Crippen molar-refractivity contribution in [3.05, 3.63) is 23.8 Å². The summed E-state index contributed by atoms with van der Waals surface area (Å²) >= 11 is 0. The van der Waals surface area contributed by atoms with E-state index in [0.29, 0.717) is 32.8 Å². The molecule has 2 amide bonds. The molecule has 2 heterocycles. The molecular formula is C16H21F2N3O2. The van der Waals surface area contributed by atoms with E-state index in [-0.39, 0.29) is 23.5 Å². The average Bonchev–Trinajstić information content (AvgIpc) is 3.00. The molecule has 0 radical (unpaired) electrons. The molecule has 1 N–H and O–H groups in total. The SMILES string of the molecule is CC1CN(C(=O)Nc2cc(F)c(N3CCCC3)c(F)c2)CCO1. The summed E-state index contributed by atoms with van der Waals surface area (Å²) in [6, 6.07) is 1.99. The molecule has 3 rings (SSSR count). The summed E-state index contributed by atoms with van der Waals surface area (Å²) in [5.41, 5.74) is 0.132. The van der Waals surface area contributed by atoms with Crippen molar-refractivity contribution in [3.8, 4) is 0 Å². The summed E-state index contributed by atoms with van der Waals surface area (Å²) in [5.74, 6) is -1.28. The maximum Gasteiger partial charge on any atom is 0.322 e. The predicted octanol–water partition coefficient (Wildman–Crippen LogP) is 2.82. The first kappa shape index (κ1) is 16.0. The van der Waals surface area contributed by atoms with Crippen LogP contribution in [-0.4, -0.2) is 49.8 Å². The van der Waals surface area contributed by atoms with Gasteiger partial charge < -0.3 is 19.9 Å². The van der Waals surface area contributed by atoms with Gasteiger partial charge in [0.05, 0.1) is 12.7 Å². The van der Waals surface area contributed by atoms with Gasteiger partial charge in [0.2, 0.25) is 0 Å². The summed E-state index contributed by atoms with van der Waals surface area (Å²) < 4.78 is 33.9. The summed E-state index contributed by atoms with van der Waals surface area (Å²) in [6.45, 7) is 4.58. The van der Waals surface area contributed by atoms with Crippen molar-refractivity contribution in [2.45, 2.75) is 25.9 Å². The lowest BCUT2D eigenvalue weighted by Gasteiger charge is -2.31. The Bertz CT molecular complexity index is 568. The van der Waals surface area contributed by atoms with Gasteiger partial charge in [0.1, 0.15) is 5.69 Å². The van der Waals surface area contributed by atoms with Crippen molar-refractivity contribution in [2.75, 3.05) is 43.0 Å². The first-order valence-electron chi connectivity index (χ1n) is 7.96. The van der Waals surface area contributed by atoms with Crippen molar-refractivity contribution in [1.29, 1.82) is 0 Å². The lowest BCUT2D eigenvalue weighted by Crippen LogP contribution is -2.46. The molecule has 2 saturated heterocycles. The Hall–Kier alpha value is -1.89. The van der Waals surface area contributed by atoms with Crippen LogP contribution in [-0.2, 0) is 4.74 Å². The fourth-order valence-electron chi connectivity index (χ4n) is 3.09. The van der Waals surface area contributed by atoms with Gasteiger partial charge in [0, 0.05) is 31.9 Å². The molecule has 0 bridgehead atoms. The zero-order valence-corrected chi connectivity index (χ0v) is 13.1. The van der Waals surface area contributed by atoms with E-state index in [1.807, 2.05) is 6.92 Å². The zero-order valence-electron chi connectivity index (χ0n) is 13.1. The molecule has 126 valence electrons. The molecule has 7 heteroatoms. The predicted molar refractivity (Wildman–Crippen MR) is 83.8 cm³/mol. The second-order valence-corrected chi connectivity index (χ2v) is 6.04. The van der Waals surface area contributed by atoms with Crippen LogP contribution < -0.4 is 10.2 Å². The van der Waals surface area contributed by atoms with E-state index in [1.54, 1.807) is 9.80 Å². The van der Waals surface area contributed by atoms with Gasteiger partial charge in [-0.1, -0.05) is 0 Å². The monoisotopic (exact) mass is 325 g/mol. The van der Waals surface area contributed by atoms with Gasteiger partial charge in [-0.3, -0.25) is 0 Å². The number of urea groups is 1. The second kappa shape index (κ2) is 6.70. The van der Waals surface area contributed by atoms with Gasteiger partial charge >= 0.3 is 6.03 Å². The highest BCUT2D eigenvalue weighted by atomic mass is 19.1. The van der Waals surface area contributed by atoms with Crippen molar-refractivity contribution >= 4 is 17.4 Å². The highest BCUT2D eigenvalue weighted by Crippen LogP contribution is 2.29. The number of halogens is 2. The first-order chi connectivity index (χ1) is 11.0. The normalized spacial score (nSPS) is 21.6. The van der Waals surface area contributed by atoms with Gasteiger partial charge in [0.25, 0.3) is 0 Å². The Morgan fingerprint density at radius 3 is 2.48 bits per heavy atom. The number of ether oxygens (including phenoxy) is 1. The number of morpholine rings is 1. The smallest absolute Gasteiger partial charge is 0.322 e. The zero-order chi connectivity index (χ0) is 16.4. The van der Waals surface area contributed by atoms with Gasteiger partial charge in [0.15, 0.2) is 11.6 Å². The van der Waals surface area contributed by atoms with Crippen molar-refractivity contribution in [3.63, 3.8) is 0 Å². The maximum absolute atomic E-state index is 14.3. The molecule has 0 saturated carbocycles. The molecule has 2 fully saturated rings. The van der Waals surface area contributed by atoms with Crippen LogP contribution in [0.1, 0.15) is 19.8 Å². The Balaban J connectivity index is 1.72. The van der Waals surface area contributed by atoms with Crippen LogP contribution in [0.15, 0.2) is 12.1 Å². The topological polar surface area (TPSA) is 44.8 Å². The van der Waals surface area contributed by atoms with Crippen LogP contribution in [0.2, 0.25) is 0 Å². The van der Waals surface area contributed by atoms with E-state index in [9.17, 15) is 13.6 Å². The number of hydrogen-bond donors (Lipinski definition) is 1. The lowest BCUT2D eigenvalue weighted by molar-refractivity contribution is -0.00138. The highest BCUT2D eigenvalue weighted by molar-refractivity contribution is 5.89. The number of amides is 2. The number of nitrogens with zero attached hydrogens (tertiary/aromatic N) is 2. The molecule has 0 spiro atoms. The number of carbonyl (C=O) groups is 1. The molecule has 1 aromatic carbocycles. The van der Waals surface area contributed by atoms with E-state index in [0.717, 1.165) is 12.8 Å².